The fraction of sp³-hybridized carbons (Fsp3) is 0.320. The van der Waals surface area contributed by atoms with Gasteiger partial charge in [-0.15, -0.1) is 13.2 Å². The largest absolute Gasteiger partial charge is 0.573 e. The van der Waals surface area contributed by atoms with Crippen LogP contribution in [0.5, 0.6) is 17.5 Å². The van der Waals surface area contributed by atoms with Gasteiger partial charge >= 0.3 is 12.4 Å². The van der Waals surface area contributed by atoms with Crippen molar-refractivity contribution in [3.8, 4) is 17.5 Å². The van der Waals surface area contributed by atoms with Crippen molar-refractivity contribution in [2.24, 2.45) is 12.8 Å². The number of benzene rings is 2. The van der Waals surface area contributed by atoms with Crippen LogP contribution in [0, 0.1) is 0 Å². The third-order valence-corrected chi connectivity index (χ3v) is 6.57. The predicted molar refractivity (Wildman–Crippen MR) is 136 cm³/mol. The second-order valence-corrected chi connectivity index (χ2v) is 9.40. The Morgan fingerprint density at radius 1 is 1.13 bits per heavy atom. The molecule has 0 radical (unpaired) electrons. The fourth-order valence-electron chi connectivity index (χ4n) is 4.44. The molecule has 1 atom stereocenters. The molecule has 38 heavy (non-hydrogen) atoms. The molecule has 0 aliphatic carbocycles. The lowest BCUT2D eigenvalue weighted by atomic mass is 10.1. The van der Waals surface area contributed by atoms with E-state index in [2.05, 4.69) is 14.7 Å². The highest BCUT2D eigenvalue weighted by molar-refractivity contribution is 6.31. The number of nitrogens with zero attached hydrogens (tertiary/aromatic N) is 5. The smallest absolute Gasteiger partial charge is 0.425 e. The number of halogens is 4. The maximum atomic E-state index is 13.6. The quantitative estimate of drug-likeness (QED) is 0.380. The second kappa shape index (κ2) is 10.2. The Hall–Kier alpha value is -3.77. The first-order valence-corrected chi connectivity index (χ1v) is 12.2. The van der Waals surface area contributed by atoms with Gasteiger partial charge in [0, 0.05) is 37.3 Å². The lowest BCUT2D eigenvalue weighted by molar-refractivity contribution is -0.274. The summed E-state index contributed by atoms with van der Waals surface area (Å²) < 4.78 is 50.5. The number of ether oxygens (including phenoxy) is 2. The summed E-state index contributed by atoms with van der Waals surface area (Å²) in [4.78, 5) is 24.7. The molecule has 2 aromatic heterocycles. The van der Waals surface area contributed by atoms with Gasteiger partial charge in [0.1, 0.15) is 11.5 Å². The molecule has 5 rings (SSSR count). The molecule has 1 saturated heterocycles. The summed E-state index contributed by atoms with van der Waals surface area (Å²) in [5.41, 5.74) is 6.93. The minimum Gasteiger partial charge on any atom is -0.425 e. The molecular formula is C25H24ClF3N6O3. The van der Waals surface area contributed by atoms with Crippen LogP contribution in [-0.4, -0.2) is 44.6 Å². The first-order chi connectivity index (χ1) is 18.1. The Balaban J connectivity index is 1.59. The molecule has 3 heterocycles. The van der Waals surface area contributed by atoms with Gasteiger partial charge in [-0.2, -0.15) is 9.97 Å². The molecule has 200 valence electrons. The molecule has 0 spiro atoms. The lowest BCUT2D eigenvalue weighted by Crippen LogP contribution is -2.44. The first-order valence-electron chi connectivity index (χ1n) is 11.8. The summed E-state index contributed by atoms with van der Waals surface area (Å²) in [6, 6.07) is 12.1. The Labute approximate surface area is 220 Å². The standard InChI is InChI=1S/C25H24ClF3N6O3/c1-33-22(36)20-21(32-24(33)37-17-8-4-9-18(12-17)38-25(27,28)29)31-23(34-11-5-7-16(30)14-34)35(20)13-15-6-2-3-10-19(15)26/h2-4,6,8-10,12,16H,5,7,11,13-14,30H2,1H3/t16-/m1/s1. The summed E-state index contributed by atoms with van der Waals surface area (Å²) >= 11 is 6.43. The van der Waals surface area contributed by atoms with Crippen LogP contribution < -0.4 is 25.7 Å². The average molecular weight is 549 g/mol. The van der Waals surface area contributed by atoms with E-state index in [1.807, 2.05) is 23.1 Å². The average Bonchev–Trinajstić information content (AvgIpc) is 3.21. The molecule has 0 bridgehead atoms. The van der Waals surface area contributed by atoms with Crippen LogP contribution in [0.3, 0.4) is 0 Å². The topological polar surface area (TPSA) is 100 Å². The Kier molecular flexibility index (Phi) is 6.93. The molecule has 9 nitrogen and oxygen atoms in total. The van der Waals surface area contributed by atoms with Gasteiger partial charge in [0.05, 0.1) is 6.54 Å². The molecule has 1 aliphatic rings. The Morgan fingerprint density at radius 2 is 1.89 bits per heavy atom. The van der Waals surface area contributed by atoms with E-state index in [1.54, 1.807) is 10.6 Å². The second-order valence-electron chi connectivity index (χ2n) is 8.99. The zero-order chi connectivity index (χ0) is 27.0. The first kappa shape index (κ1) is 25.9. The number of hydrogen-bond donors (Lipinski definition) is 1. The van der Waals surface area contributed by atoms with Crippen molar-refractivity contribution < 1.29 is 22.6 Å². The van der Waals surface area contributed by atoms with E-state index in [0.29, 0.717) is 24.1 Å². The van der Waals surface area contributed by atoms with Gasteiger partial charge < -0.3 is 20.1 Å². The highest BCUT2D eigenvalue weighted by atomic mass is 35.5. The molecule has 4 aromatic rings. The molecule has 1 aliphatic heterocycles. The van der Waals surface area contributed by atoms with Gasteiger partial charge in [-0.25, -0.2) is 0 Å². The van der Waals surface area contributed by atoms with Gasteiger partial charge in [-0.05, 0) is 36.6 Å². The number of aromatic nitrogens is 4. The number of imidazole rings is 1. The predicted octanol–water partition coefficient (Wildman–Crippen LogP) is 4.45. The highest BCUT2D eigenvalue weighted by Gasteiger charge is 2.31. The molecular weight excluding hydrogens is 525 g/mol. The van der Waals surface area contributed by atoms with Crippen LogP contribution in [0.15, 0.2) is 53.3 Å². The normalized spacial score (nSPS) is 16.2. The van der Waals surface area contributed by atoms with Crippen molar-refractivity contribution in [1.29, 1.82) is 0 Å². The van der Waals surface area contributed by atoms with Crippen LogP contribution in [0.2, 0.25) is 5.02 Å². The third-order valence-electron chi connectivity index (χ3n) is 6.20. The number of nitrogens with two attached hydrogens (primary N) is 1. The molecule has 2 aromatic carbocycles. The molecule has 0 unspecified atom stereocenters. The molecule has 0 saturated carbocycles. The van der Waals surface area contributed by atoms with E-state index in [0.717, 1.165) is 30.5 Å². The lowest BCUT2D eigenvalue weighted by Gasteiger charge is -2.31. The molecule has 13 heteroatoms. The van der Waals surface area contributed by atoms with Crippen molar-refractivity contribution in [1.82, 2.24) is 19.1 Å². The fourth-order valence-corrected chi connectivity index (χ4v) is 4.64. The van der Waals surface area contributed by atoms with Gasteiger partial charge in [-0.3, -0.25) is 13.9 Å². The SMILES string of the molecule is Cn1c(Oc2cccc(OC(F)(F)F)c2)nc2nc(N3CCC[C@@H](N)C3)n(Cc3ccccc3Cl)c2c1=O. The Bertz CT molecular complexity index is 1540. The number of hydrogen-bond acceptors (Lipinski definition) is 7. The van der Waals surface area contributed by atoms with Crippen LogP contribution >= 0.6 is 11.6 Å². The Morgan fingerprint density at radius 3 is 2.63 bits per heavy atom. The van der Waals surface area contributed by atoms with Gasteiger partial charge in [0.2, 0.25) is 5.95 Å². The van der Waals surface area contributed by atoms with E-state index < -0.39 is 17.7 Å². The maximum Gasteiger partial charge on any atom is 0.573 e. The van der Waals surface area contributed by atoms with Crippen molar-refractivity contribution in [3.63, 3.8) is 0 Å². The van der Waals surface area contributed by atoms with Gasteiger partial charge in [0.25, 0.3) is 5.56 Å². The van der Waals surface area contributed by atoms with Crippen molar-refractivity contribution >= 4 is 28.7 Å². The zero-order valence-electron chi connectivity index (χ0n) is 20.3. The summed E-state index contributed by atoms with van der Waals surface area (Å²) in [6.45, 7) is 1.53. The van der Waals surface area contributed by atoms with Crippen LogP contribution in [0.25, 0.3) is 11.2 Å². The minimum absolute atomic E-state index is 0.00586. The van der Waals surface area contributed by atoms with E-state index in [4.69, 9.17) is 22.1 Å². The minimum atomic E-state index is -4.86. The van der Waals surface area contributed by atoms with Crippen LogP contribution in [-0.2, 0) is 13.6 Å². The number of alkyl halides is 3. The maximum absolute atomic E-state index is 13.6. The van der Waals surface area contributed by atoms with Crippen molar-refractivity contribution in [3.05, 3.63) is 69.5 Å². The van der Waals surface area contributed by atoms with Gasteiger partial charge in [0.15, 0.2) is 11.2 Å². The van der Waals surface area contributed by atoms with E-state index >= 15 is 0 Å². The number of piperidine rings is 1. The van der Waals surface area contributed by atoms with Crippen LogP contribution in [0.1, 0.15) is 18.4 Å². The summed E-state index contributed by atoms with van der Waals surface area (Å²) in [7, 11) is 1.46. The number of fused-ring (bicyclic) bond motifs is 1. The highest BCUT2D eigenvalue weighted by Crippen LogP contribution is 2.30. The van der Waals surface area contributed by atoms with E-state index in [-0.39, 0.29) is 35.5 Å². The van der Waals surface area contributed by atoms with E-state index in [9.17, 15) is 18.0 Å². The summed E-state index contributed by atoms with van der Waals surface area (Å²) in [5, 5.41) is 0.543. The number of rotatable bonds is 6. The van der Waals surface area contributed by atoms with Crippen LogP contribution in [0.4, 0.5) is 19.1 Å². The molecule has 2 N–H and O–H groups in total. The summed E-state index contributed by atoms with van der Waals surface area (Å²) in [6.07, 6.45) is -3.10. The number of anilines is 1. The monoisotopic (exact) mass is 548 g/mol. The molecule has 1 fully saturated rings. The zero-order valence-corrected chi connectivity index (χ0v) is 21.0. The van der Waals surface area contributed by atoms with Crippen molar-refractivity contribution in [2.45, 2.75) is 31.8 Å². The summed E-state index contributed by atoms with van der Waals surface area (Å²) in [5.74, 6) is 0.0672. The van der Waals surface area contributed by atoms with Gasteiger partial charge in [-0.1, -0.05) is 35.9 Å². The van der Waals surface area contributed by atoms with E-state index in [1.165, 1.54) is 23.7 Å². The molecule has 0 amide bonds. The third kappa shape index (κ3) is 5.41. The van der Waals surface area contributed by atoms with Crippen molar-refractivity contribution in [2.75, 3.05) is 18.0 Å².